The quantitative estimate of drug-likeness (QED) is 0.149. The van der Waals surface area contributed by atoms with E-state index in [9.17, 15) is 18.0 Å². The van der Waals surface area contributed by atoms with E-state index in [0.29, 0.717) is 48.5 Å². The van der Waals surface area contributed by atoms with Gasteiger partial charge in [0.05, 0.1) is 24.0 Å². The molecular formula is C35H39N3O7S. The number of Topliss-reactive ketones (excluding diaryl/α,β-unsaturated/α-hetero) is 1. The Bertz CT molecular complexity index is 1810. The van der Waals surface area contributed by atoms with Gasteiger partial charge in [0, 0.05) is 24.2 Å². The molecule has 1 saturated heterocycles. The van der Waals surface area contributed by atoms with Crippen molar-refractivity contribution < 1.29 is 31.9 Å². The zero-order valence-electron chi connectivity index (χ0n) is 26.1. The van der Waals surface area contributed by atoms with E-state index in [1.54, 1.807) is 12.1 Å². The Morgan fingerprint density at radius 2 is 1.76 bits per heavy atom. The van der Waals surface area contributed by atoms with E-state index in [4.69, 9.17) is 13.9 Å². The predicted octanol–water partition coefficient (Wildman–Crippen LogP) is 6.21. The van der Waals surface area contributed by atoms with Gasteiger partial charge in [-0.2, -0.15) is 4.98 Å². The fraction of sp³-hybridized carbons (Fsp3) is 0.400. The van der Waals surface area contributed by atoms with Crippen LogP contribution in [0, 0.1) is 12.8 Å². The maximum atomic E-state index is 13.6. The topological polar surface area (TPSA) is 128 Å². The van der Waals surface area contributed by atoms with Crippen molar-refractivity contribution in [2.24, 2.45) is 5.92 Å². The van der Waals surface area contributed by atoms with Crippen LogP contribution in [0.5, 0.6) is 0 Å². The van der Waals surface area contributed by atoms with Gasteiger partial charge in [-0.25, -0.2) is 8.42 Å². The van der Waals surface area contributed by atoms with E-state index in [0.717, 1.165) is 36.1 Å². The second kappa shape index (κ2) is 13.7. The number of ether oxygens (including phenoxy) is 2. The van der Waals surface area contributed by atoms with Crippen molar-refractivity contribution in [3.8, 4) is 0 Å². The number of fused-ring (bicyclic) bond motifs is 1. The number of esters is 1. The molecule has 1 N–H and O–H groups in total. The largest absolute Gasteiger partial charge is 0.469 e. The highest BCUT2D eigenvalue weighted by atomic mass is 32.2. The fourth-order valence-corrected chi connectivity index (χ4v) is 8.23. The molecule has 0 radical (unpaired) electrons. The molecule has 3 aromatic carbocycles. The number of rotatable bonds is 11. The van der Waals surface area contributed by atoms with Gasteiger partial charge in [-0.15, -0.1) is 0 Å². The van der Waals surface area contributed by atoms with Crippen LogP contribution in [-0.2, 0) is 30.5 Å². The molecule has 10 nitrogen and oxygen atoms in total. The number of benzene rings is 3. The molecule has 2 fully saturated rings. The van der Waals surface area contributed by atoms with Gasteiger partial charge in [0.25, 0.3) is 6.01 Å². The number of nitrogens with one attached hydrogen (secondary N) is 1. The van der Waals surface area contributed by atoms with Gasteiger partial charge in [0.15, 0.2) is 21.2 Å². The number of likely N-dealkylation sites (tertiary alicyclic amines) is 1. The molecule has 4 aromatic rings. The molecule has 1 saturated carbocycles. The molecule has 1 unspecified atom stereocenters. The van der Waals surface area contributed by atoms with Crippen molar-refractivity contribution >= 4 is 44.4 Å². The average Bonchev–Trinajstić information content (AvgIpc) is 3.72. The maximum Gasteiger partial charge on any atom is 0.308 e. The first-order valence-electron chi connectivity index (χ1n) is 15.7. The van der Waals surface area contributed by atoms with E-state index >= 15 is 0 Å². The summed E-state index contributed by atoms with van der Waals surface area (Å²) in [4.78, 5) is 31.5. The third-order valence-corrected chi connectivity index (χ3v) is 11.2. The van der Waals surface area contributed by atoms with Gasteiger partial charge in [0.2, 0.25) is 0 Å². The lowest BCUT2D eigenvalue weighted by Crippen LogP contribution is -2.39. The molecule has 1 aliphatic heterocycles. The van der Waals surface area contributed by atoms with E-state index in [2.05, 4.69) is 10.3 Å². The molecule has 46 heavy (non-hydrogen) atoms. The third kappa shape index (κ3) is 7.01. The summed E-state index contributed by atoms with van der Waals surface area (Å²) in [7, 11) is -2.26. The van der Waals surface area contributed by atoms with Gasteiger partial charge in [-0.1, -0.05) is 36.4 Å². The van der Waals surface area contributed by atoms with Crippen molar-refractivity contribution in [2.45, 2.75) is 68.2 Å². The Morgan fingerprint density at radius 1 is 1.00 bits per heavy atom. The monoisotopic (exact) mass is 645 g/mol. The number of para-hydroxylation sites is 1. The van der Waals surface area contributed by atoms with Crippen LogP contribution in [0.3, 0.4) is 0 Å². The maximum absolute atomic E-state index is 13.6. The molecule has 11 heteroatoms. The van der Waals surface area contributed by atoms with E-state index in [1.807, 2.05) is 54.3 Å². The highest BCUT2D eigenvalue weighted by Crippen LogP contribution is 2.31. The van der Waals surface area contributed by atoms with Crippen LogP contribution in [-0.4, -0.2) is 61.9 Å². The van der Waals surface area contributed by atoms with Gasteiger partial charge in [-0.05, 0) is 86.9 Å². The second-order valence-electron chi connectivity index (χ2n) is 12.1. The van der Waals surface area contributed by atoms with Gasteiger partial charge in [-0.3, -0.25) is 14.5 Å². The highest BCUT2D eigenvalue weighted by molar-refractivity contribution is 7.92. The lowest BCUT2D eigenvalue weighted by atomic mass is 9.87. The number of methoxy groups -OCH3 is 1. The number of ketones is 1. The zero-order chi connectivity index (χ0) is 32.3. The summed E-state index contributed by atoms with van der Waals surface area (Å²) in [6.07, 6.45) is 4.34. The standard InChI is InChI=1S/C35H39N3O7S/c1-23-6-3-4-7-29(23)36-35-37-30-18-9-24(21-32(30)45-35)20-31(39)25-12-16-28(17-13-25)46(41,42)33-8-5-19-38(33)22-44-27-14-10-26(11-15-27)34(40)43-2/h3-4,6-7,9,12-13,16-18,21,26-27,33H,5,8,10-11,14-15,19-20,22H2,1-2H3,(H,36,37). The smallest absolute Gasteiger partial charge is 0.308 e. The first kappa shape index (κ1) is 31.9. The minimum atomic E-state index is -3.66. The Morgan fingerprint density at radius 3 is 2.50 bits per heavy atom. The first-order chi connectivity index (χ1) is 22.2. The summed E-state index contributed by atoms with van der Waals surface area (Å²) in [6.45, 7) is 2.86. The van der Waals surface area contributed by atoms with Crippen molar-refractivity contribution in [3.05, 3.63) is 83.4 Å². The Kier molecular flexibility index (Phi) is 9.53. The van der Waals surface area contributed by atoms with E-state index < -0.39 is 15.2 Å². The molecular weight excluding hydrogens is 606 g/mol. The number of carbonyl (C=O) groups is 2. The summed E-state index contributed by atoms with van der Waals surface area (Å²) < 4.78 is 44.1. The van der Waals surface area contributed by atoms with Gasteiger partial charge < -0.3 is 19.2 Å². The van der Waals surface area contributed by atoms with Crippen LogP contribution in [0.2, 0.25) is 0 Å². The number of carbonyl (C=O) groups excluding carboxylic acids is 2. The van der Waals surface area contributed by atoms with Crippen molar-refractivity contribution in [3.63, 3.8) is 0 Å². The summed E-state index contributed by atoms with van der Waals surface area (Å²) in [5.74, 6) is -0.387. The van der Waals surface area contributed by atoms with Crippen molar-refractivity contribution in [1.29, 1.82) is 0 Å². The SMILES string of the molecule is COC(=O)C1CCC(OCN2CCCC2S(=O)(=O)c2ccc(C(=O)Cc3ccc4nc(Nc5ccccc5C)oc4c3)cc2)CC1. The zero-order valence-corrected chi connectivity index (χ0v) is 26.9. The molecule has 1 aromatic heterocycles. The Balaban J connectivity index is 1.06. The molecule has 0 spiro atoms. The number of aromatic nitrogens is 1. The van der Waals surface area contributed by atoms with Crippen LogP contribution >= 0.6 is 0 Å². The molecule has 0 amide bonds. The van der Waals surface area contributed by atoms with E-state index in [1.165, 1.54) is 19.2 Å². The van der Waals surface area contributed by atoms with Crippen LogP contribution in [0.4, 0.5) is 11.7 Å². The van der Waals surface area contributed by atoms with Crippen LogP contribution in [0.1, 0.15) is 60.0 Å². The first-order valence-corrected chi connectivity index (χ1v) is 17.3. The lowest BCUT2D eigenvalue weighted by molar-refractivity contribution is -0.147. The third-order valence-electron chi connectivity index (χ3n) is 9.06. The second-order valence-corrected chi connectivity index (χ2v) is 14.2. The Labute approximate surface area is 269 Å². The average molecular weight is 646 g/mol. The fourth-order valence-electron chi connectivity index (χ4n) is 6.36. The lowest BCUT2D eigenvalue weighted by Gasteiger charge is -2.30. The summed E-state index contributed by atoms with van der Waals surface area (Å²) >= 11 is 0. The molecule has 0 bridgehead atoms. The minimum Gasteiger partial charge on any atom is -0.469 e. The number of hydrogen-bond acceptors (Lipinski definition) is 10. The number of nitrogens with zero attached hydrogens (tertiary/aromatic N) is 2. The summed E-state index contributed by atoms with van der Waals surface area (Å²) in [5, 5.41) is 2.52. The summed E-state index contributed by atoms with van der Waals surface area (Å²) in [6, 6.07) is 19.9. The Hall–Kier alpha value is -4.06. The molecule has 1 atom stereocenters. The van der Waals surface area contributed by atoms with E-state index in [-0.39, 0.29) is 41.8 Å². The molecule has 6 rings (SSSR count). The minimum absolute atomic E-state index is 0.00260. The van der Waals surface area contributed by atoms with Gasteiger partial charge in [0.1, 0.15) is 17.6 Å². The number of hydrogen-bond donors (Lipinski definition) is 1. The van der Waals surface area contributed by atoms with Crippen LogP contribution in [0.15, 0.2) is 76.0 Å². The number of sulfone groups is 1. The molecule has 2 aliphatic rings. The van der Waals surface area contributed by atoms with Gasteiger partial charge >= 0.3 is 5.97 Å². The van der Waals surface area contributed by atoms with Crippen molar-refractivity contribution in [2.75, 3.05) is 25.7 Å². The molecule has 2 heterocycles. The van der Waals surface area contributed by atoms with Crippen LogP contribution < -0.4 is 5.32 Å². The number of aryl methyl sites for hydroxylation is 1. The number of anilines is 2. The van der Waals surface area contributed by atoms with Crippen molar-refractivity contribution in [1.82, 2.24) is 9.88 Å². The predicted molar refractivity (Wildman–Crippen MR) is 174 cm³/mol. The molecule has 1 aliphatic carbocycles. The molecule has 242 valence electrons. The summed E-state index contributed by atoms with van der Waals surface area (Å²) in [5.41, 5.74) is 4.43. The normalized spacial score (nSPS) is 20.5. The van der Waals surface area contributed by atoms with Crippen LogP contribution in [0.25, 0.3) is 11.1 Å². The highest BCUT2D eigenvalue weighted by Gasteiger charge is 2.37. The number of oxazole rings is 1.